The third-order valence-electron chi connectivity index (χ3n) is 3.38. The van der Waals surface area contributed by atoms with E-state index in [1.165, 1.54) is 22.2 Å². The molecule has 0 unspecified atom stereocenters. The van der Waals surface area contributed by atoms with Gasteiger partial charge in [0, 0.05) is 32.4 Å². The molecule has 0 spiro atoms. The van der Waals surface area contributed by atoms with Crippen LogP contribution < -0.4 is 10.3 Å². The summed E-state index contributed by atoms with van der Waals surface area (Å²) in [5.41, 5.74) is 2.40. The van der Waals surface area contributed by atoms with Crippen LogP contribution in [0.3, 0.4) is 0 Å². The van der Waals surface area contributed by atoms with Crippen molar-refractivity contribution in [1.82, 2.24) is 24.8 Å². The maximum absolute atomic E-state index is 12.1. The van der Waals surface area contributed by atoms with Gasteiger partial charge in [-0.05, 0) is 12.1 Å². The van der Waals surface area contributed by atoms with Gasteiger partial charge in [-0.3, -0.25) is 15.0 Å². The highest BCUT2D eigenvalue weighted by Crippen LogP contribution is 2.12. The van der Waals surface area contributed by atoms with E-state index in [1.54, 1.807) is 6.20 Å². The first kappa shape index (κ1) is 14.0. The van der Waals surface area contributed by atoms with Gasteiger partial charge in [0.05, 0.1) is 0 Å². The molecule has 1 fully saturated rings. The van der Waals surface area contributed by atoms with Crippen molar-refractivity contribution in [3.8, 4) is 0 Å². The summed E-state index contributed by atoms with van der Waals surface area (Å²) in [4.78, 5) is 31.8. The number of nitrogens with zero attached hydrogens (tertiary/aromatic N) is 6. The minimum Gasteiger partial charge on any atom is -0.353 e. The van der Waals surface area contributed by atoms with Gasteiger partial charge in [-0.15, -0.1) is 10.2 Å². The van der Waals surface area contributed by atoms with Crippen molar-refractivity contribution < 1.29 is 9.59 Å². The van der Waals surface area contributed by atoms with E-state index in [-0.39, 0.29) is 0 Å². The fraction of sp³-hybridized carbons (Fsp3) is 0.308. The summed E-state index contributed by atoms with van der Waals surface area (Å²) in [6, 6.07) is 5.71. The molecule has 1 saturated heterocycles. The van der Waals surface area contributed by atoms with E-state index in [4.69, 9.17) is 0 Å². The van der Waals surface area contributed by atoms with Crippen molar-refractivity contribution in [2.24, 2.45) is 0 Å². The molecule has 3 heterocycles. The molecule has 0 aromatic carbocycles. The predicted octanol–water partition coefficient (Wildman–Crippen LogP) is -0.908. The molecule has 2 amide bonds. The van der Waals surface area contributed by atoms with E-state index < -0.39 is 11.8 Å². The van der Waals surface area contributed by atoms with E-state index in [2.05, 4.69) is 25.5 Å². The van der Waals surface area contributed by atoms with Crippen molar-refractivity contribution in [2.75, 3.05) is 36.5 Å². The smallest absolute Gasteiger partial charge is 0.328 e. The summed E-state index contributed by atoms with van der Waals surface area (Å²) >= 11 is 0. The van der Waals surface area contributed by atoms with E-state index in [0.717, 1.165) is 5.82 Å². The number of hydrogen-bond donors (Lipinski definition) is 1. The second-order valence-electron chi connectivity index (χ2n) is 4.78. The number of hydrogen-bond acceptors (Lipinski definition) is 6. The molecular formula is C13H15N7O2. The Morgan fingerprint density at radius 3 is 2.41 bits per heavy atom. The van der Waals surface area contributed by atoms with Crippen LogP contribution in [0.5, 0.6) is 0 Å². The topological polar surface area (TPSA) is 96.2 Å². The number of piperazine rings is 1. The van der Waals surface area contributed by atoms with Crippen LogP contribution in [0.4, 0.5) is 5.82 Å². The van der Waals surface area contributed by atoms with Crippen LogP contribution in [0.25, 0.3) is 0 Å². The quantitative estimate of drug-likeness (QED) is 0.722. The number of carbonyl (C=O) groups is 2. The van der Waals surface area contributed by atoms with Gasteiger partial charge in [0.15, 0.2) is 0 Å². The Balaban J connectivity index is 1.54. The standard InChI is InChI=1S/C13H15N7O2/c21-12(17-20-9-15-16-10-20)13(22)19-7-5-18(6-8-19)11-3-1-2-4-14-11/h1-4,9-10H,5-8H2,(H,17,21). The van der Waals surface area contributed by atoms with Crippen molar-refractivity contribution in [3.63, 3.8) is 0 Å². The SMILES string of the molecule is O=C(Nn1cnnc1)C(=O)N1CCN(c2ccccn2)CC1. The molecule has 2 aromatic rings. The van der Waals surface area contributed by atoms with E-state index in [1.807, 2.05) is 18.2 Å². The summed E-state index contributed by atoms with van der Waals surface area (Å²) < 4.78 is 1.24. The Bertz CT molecular complexity index is 636. The molecule has 0 atom stereocenters. The van der Waals surface area contributed by atoms with Crippen molar-refractivity contribution in [1.29, 1.82) is 0 Å². The maximum atomic E-state index is 12.1. The Kier molecular flexibility index (Phi) is 3.95. The Morgan fingerprint density at radius 2 is 1.77 bits per heavy atom. The number of nitrogens with one attached hydrogen (secondary N) is 1. The van der Waals surface area contributed by atoms with Gasteiger partial charge in [0.25, 0.3) is 0 Å². The van der Waals surface area contributed by atoms with Gasteiger partial charge in [0.2, 0.25) is 0 Å². The lowest BCUT2D eigenvalue weighted by atomic mass is 10.3. The van der Waals surface area contributed by atoms with Gasteiger partial charge in [0.1, 0.15) is 18.5 Å². The Hall–Kier alpha value is -2.97. The fourth-order valence-electron chi connectivity index (χ4n) is 2.25. The molecule has 0 radical (unpaired) electrons. The number of amides is 2. The van der Waals surface area contributed by atoms with E-state index in [9.17, 15) is 9.59 Å². The zero-order chi connectivity index (χ0) is 15.4. The van der Waals surface area contributed by atoms with Gasteiger partial charge in [-0.25, -0.2) is 9.66 Å². The average molecular weight is 301 g/mol. The highest BCUT2D eigenvalue weighted by atomic mass is 16.2. The lowest BCUT2D eigenvalue weighted by molar-refractivity contribution is -0.143. The molecule has 1 aliphatic heterocycles. The molecule has 0 bridgehead atoms. The van der Waals surface area contributed by atoms with E-state index in [0.29, 0.717) is 26.2 Å². The van der Waals surface area contributed by atoms with Crippen LogP contribution in [-0.4, -0.2) is 62.8 Å². The first-order chi connectivity index (χ1) is 10.7. The van der Waals surface area contributed by atoms with Crippen molar-refractivity contribution >= 4 is 17.6 Å². The first-order valence-electron chi connectivity index (χ1n) is 6.85. The Labute approximate surface area is 126 Å². The summed E-state index contributed by atoms with van der Waals surface area (Å²) in [6.07, 6.45) is 4.36. The van der Waals surface area contributed by atoms with Crippen LogP contribution in [0, 0.1) is 0 Å². The van der Waals surface area contributed by atoms with Crippen LogP contribution in [0.1, 0.15) is 0 Å². The minimum absolute atomic E-state index is 0.477. The van der Waals surface area contributed by atoms with Crippen LogP contribution in [-0.2, 0) is 9.59 Å². The molecule has 3 rings (SSSR count). The molecule has 0 saturated carbocycles. The van der Waals surface area contributed by atoms with Gasteiger partial charge >= 0.3 is 11.8 Å². The second kappa shape index (κ2) is 6.20. The molecule has 2 aromatic heterocycles. The summed E-state index contributed by atoms with van der Waals surface area (Å²) in [5.74, 6) is -0.385. The van der Waals surface area contributed by atoms with Crippen LogP contribution in [0.15, 0.2) is 37.1 Å². The predicted molar refractivity (Wildman–Crippen MR) is 77.4 cm³/mol. The molecule has 9 heteroatoms. The Morgan fingerprint density at radius 1 is 1.05 bits per heavy atom. The number of aromatic nitrogens is 4. The number of anilines is 1. The number of pyridine rings is 1. The molecule has 9 nitrogen and oxygen atoms in total. The minimum atomic E-state index is -0.703. The fourth-order valence-corrected chi connectivity index (χ4v) is 2.25. The third-order valence-corrected chi connectivity index (χ3v) is 3.38. The van der Waals surface area contributed by atoms with Gasteiger partial charge in [-0.2, -0.15) is 0 Å². The summed E-state index contributed by atoms with van der Waals surface area (Å²) in [6.45, 7) is 2.24. The second-order valence-corrected chi connectivity index (χ2v) is 4.78. The largest absolute Gasteiger partial charge is 0.353 e. The van der Waals surface area contributed by atoms with Gasteiger partial charge in [-0.1, -0.05) is 6.07 Å². The van der Waals surface area contributed by atoms with Gasteiger partial charge < -0.3 is 9.80 Å². The third kappa shape index (κ3) is 3.03. The maximum Gasteiger partial charge on any atom is 0.328 e. The first-order valence-corrected chi connectivity index (χ1v) is 6.85. The number of rotatable bonds is 2. The van der Waals surface area contributed by atoms with Crippen LogP contribution in [0.2, 0.25) is 0 Å². The molecule has 0 aliphatic carbocycles. The zero-order valence-corrected chi connectivity index (χ0v) is 11.8. The van der Waals surface area contributed by atoms with E-state index >= 15 is 0 Å². The molecule has 22 heavy (non-hydrogen) atoms. The highest BCUT2D eigenvalue weighted by Gasteiger charge is 2.26. The molecule has 1 aliphatic rings. The van der Waals surface area contributed by atoms with Crippen LogP contribution >= 0.6 is 0 Å². The molecule has 1 N–H and O–H groups in total. The molecular weight excluding hydrogens is 286 g/mol. The highest BCUT2D eigenvalue weighted by molar-refractivity contribution is 6.38. The lowest BCUT2D eigenvalue weighted by Gasteiger charge is -2.34. The average Bonchev–Trinajstić information content (AvgIpc) is 3.08. The van der Waals surface area contributed by atoms with Crippen molar-refractivity contribution in [3.05, 3.63) is 37.1 Å². The normalized spacial score (nSPS) is 14.7. The zero-order valence-electron chi connectivity index (χ0n) is 11.8. The summed E-state index contributed by atoms with van der Waals surface area (Å²) in [7, 11) is 0. The lowest BCUT2D eigenvalue weighted by Crippen LogP contribution is -2.52. The molecule has 114 valence electrons. The summed E-state index contributed by atoms with van der Waals surface area (Å²) in [5, 5.41) is 7.10. The van der Waals surface area contributed by atoms with Crippen molar-refractivity contribution in [2.45, 2.75) is 0 Å². The monoisotopic (exact) mass is 301 g/mol. The number of carbonyl (C=O) groups excluding carboxylic acids is 2.